The van der Waals surface area contributed by atoms with E-state index >= 15 is 0 Å². The van der Waals surface area contributed by atoms with Crippen molar-refractivity contribution in [2.45, 2.75) is 20.8 Å². The van der Waals surface area contributed by atoms with Gasteiger partial charge in [-0.15, -0.1) is 0 Å². The van der Waals surface area contributed by atoms with E-state index in [2.05, 4.69) is 78.7 Å². The van der Waals surface area contributed by atoms with Crippen molar-refractivity contribution in [3.8, 4) is 11.4 Å². The van der Waals surface area contributed by atoms with Crippen molar-refractivity contribution in [1.82, 2.24) is 15.1 Å². The number of aryl methyl sites for hydroxylation is 3. The van der Waals surface area contributed by atoms with Crippen molar-refractivity contribution in [2.24, 2.45) is 0 Å². The molecule has 150 valence electrons. The minimum atomic E-state index is 0.472. The molecular weight excluding hydrogens is 372 g/mol. The fourth-order valence-corrected chi connectivity index (χ4v) is 3.33. The van der Waals surface area contributed by atoms with E-state index in [1.54, 1.807) is 6.20 Å². The molecule has 0 aliphatic carbocycles. The summed E-state index contributed by atoms with van der Waals surface area (Å²) in [5.41, 5.74) is 7.48. The average Bonchev–Trinajstić information content (AvgIpc) is 3.24. The molecule has 2 heterocycles. The summed E-state index contributed by atoms with van der Waals surface area (Å²) >= 11 is 0. The molecule has 0 fully saturated rings. The molecule has 5 nitrogen and oxygen atoms in total. The Balaban J connectivity index is 1.84. The van der Waals surface area contributed by atoms with Gasteiger partial charge >= 0.3 is 0 Å². The first-order chi connectivity index (χ1) is 14.5. The van der Waals surface area contributed by atoms with Crippen LogP contribution in [0.15, 0.2) is 65.3 Å². The van der Waals surface area contributed by atoms with Gasteiger partial charge in [0.05, 0.1) is 5.56 Å². The monoisotopic (exact) mass is 396 g/mol. The van der Waals surface area contributed by atoms with E-state index in [1.165, 1.54) is 16.7 Å². The van der Waals surface area contributed by atoms with Gasteiger partial charge in [0.25, 0.3) is 5.89 Å². The molecule has 0 saturated heterocycles. The van der Waals surface area contributed by atoms with Crippen LogP contribution in [-0.2, 0) is 0 Å². The Hall–Kier alpha value is -3.73. The Morgan fingerprint density at radius 1 is 0.967 bits per heavy atom. The minimum absolute atomic E-state index is 0.472. The van der Waals surface area contributed by atoms with Gasteiger partial charge in [-0.3, -0.25) is 0 Å². The number of hydrogen-bond acceptors (Lipinski definition) is 5. The normalized spacial score (nSPS) is 11.5. The van der Waals surface area contributed by atoms with E-state index in [4.69, 9.17) is 9.51 Å². The summed E-state index contributed by atoms with van der Waals surface area (Å²) in [6.45, 7) is 6.30. The summed E-state index contributed by atoms with van der Waals surface area (Å²) in [4.78, 5) is 9.04. The molecule has 2 aromatic heterocycles. The van der Waals surface area contributed by atoms with Crippen molar-refractivity contribution in [3.05, 3.63) is 94.5 Å². The second kappa shape index (κ2) is 8.33. The Morgan fingerprint density at radius 2 is 1.83 bits per heavy atom. The van der Waals surface area contributed by atoms with Gasteiger partial charge in [-0.05, 0) is 61.2 Å². The first-order valence-corrected chi connectivity index (χ1v) is 9.88. The Labute approximate surface area is 176 Å². The number of nitrogens with zero attached hydrogens (tertiary/aromatic N) is 3. The highest BCUT2D eigenvalue weighted by Crippen LogP contribution is 2.29. The van der Waals surface area contributed by atoms with Gasteiger partial charge in [0, 0.05) is 18.8 Å². The quantitative estimate of drug-likeness (QED) is 0.439. The highest BCUT2D eigenvalue weighted by atomic mass is 16.5. The smallest absolute Gasteiger partial charge is 0.258 e. The highest BCUT2D eigenvalue weighted by molar-refractivity contribution is 5.89. The SMILES string of the molecule is CNc1ncccc1-c1noc(/C(=C/c2ccc(C)c(C)c2)c2cccc(C)c2)n1. The summed E-state index contributed by atoms with van der Waals surface area (Å²) in [5, 5.41) is 7.31. The topological polar surface area (TPSA) is 63.8 Å². The Morgan fingerprint density at radius 3 is 2.60 bits per heavy atom. The van der Waals surface area contributed by atoms with E-state index < -0.39 is 0 Å². The maximum atomic E-state index is 5.72. The molecular formula is C25H24N4O. The third-order valence-electron chi connectivity index (χ3n) is 5.11. The Kier molecular flexibility index (Phi) is 5.44. The maximum Gasteiger partial charge on any atom is 0.258 e. The second-order valence-corrected chi connectivity index (χ2v) is 7.34. The number of hydrogen-bond donors (Lipinski definition) is 1. The highest BCUT2D eigenvalue weighted by Gasteiger charge is 2.17. The van der Waals surface area contributed by atoms with E-state index in [0.29, 0.717) is 17.5 Å². The standard InChI is InChI=1S/C25H24N4O/c1-16-7-5-8-20(13-16)22(15-19-11-10-17(2)18(3)14-19)25-28-24(29-30-25)21-9-6-12-27-23(21)26-4/h5-15H,1-4H3,(H,26,27)/b22-15+. The predicted octanol–water partition coefficient (Wildman–Crippen LogP) is 5.69. The molecule has 4 rings (SSSR count). The summed E-state index contributed by atoms with van der Waals surface area (Å²) in [7, 11) is 1.82. The fraction of sp³-hybridized carbons (Fsp3) is 0.160. The number of aromatic nitrogens is 3. The molecule has 0 atom stereocenters. The molecule has 0 aliphatic heterocycles. The van der Waals surface area contributed by atoms with Crippen LogP contribution in [0, 0.1) is 20.8 Å². The van der Waals surface area contributed by atoms with Gasteiger partial charge < -0.3 is 9.84 Å². The third-order valence-corrected chi connectivity index (χ3v) is 5.11. The Bertz CT molecular complexity index is 1220. The summed E-state index contributed by atoms with van der Waals surface area (Å²) in [5.74, 6) is 1.68. The lowest BCUT2D eigenvalue weighted by Gasteiger charge is -2.07. The molecule has 0 amide bonds. The number of anilines is 1. The van der Waals surface area contributed by atoms with Crippen LogP contribution in [0.5, 0.6) is 0 Å². The lowest BCUT2D eigenvalue weighted by molar-refractivity contribution is 0.409. The van der Waals surface area contributed by atoms with Crippen LogP contribution < -0.4 is 5.32 Å². The predicted molar refractivity (Wildman–Crippen MR) is 121 cm³/mol. The van der Waals surface area contributed by atoms with Gasteiger partial charge in [0.15, 0.2) is 0 Å². The van der Waals surface area contributed by atoms with E-state index in [-0.39, 0.29) is 0 Å². The fourth-order valence-electron chi connectivity index (χ4n) is 3.33. The zero-order chi connectivity index (χ0) is 21.1. The summed E-state index contributed by atoms with van der Waals surface area (Å²) in [6.07, 6.45) is 3.83. The number of nitrogens with one attached hydrogen (secondary N) is 1. The van der Waals surface area contributed by atoms with E-state index in [0.717, 1.165) is 22.3 Å². The molecule has 0 spiro atoms. The van der Waals surface area contributed by atoms with Gasteiger partial charge in [-0.1, -0.05) is 53.2 Å². The number of rotatable bonds is 5. The van der Waals surface area contributed by atoms with Crippen LogP contribution in [0.4, 0.5) is 5.82 Å². The molecule has 2 aromatic carbocycles. The van der Waals surface area contributed by atoms with Gasteiger partial charge in [0.2, 0.25) is 5.82 Å². The van der Waals surface area contributed by atoms with Crippen molar-refractivity contribution in [2.75, 3.05) is 12.4 Å². The van der Waals surface area contributed by atoms with Crippen LogP contribution in [0.3, 0.4) is 0 Å². The van der Waals surface area contributed by atoms with Crippen molar-refractivity contribution < 1.29 is 4.52 Å². The summed E-state index contributed by atoms with van der Waals surface area (Å²) in [6, 6.07) is 18.5. The van der Waals surface area contributed by atoms with Crippen molar-refractivity contribution in [3.63, 3.8) is 0 Å². The first-order valence-electron chi connectivity index (χ1n) is 9.88. The van der Waals surface area contributed by atoms with Crippen LogP contribution in [0.25, 0.3) is 23.0 Å². The first kappa shape index (κ1) is 19.6. The molecule has 0 saturated carbocycles. The molecule has 5 heteroatoms. The molecule has 0 bridgehead atoms. The maximum absolute atomic E-state index is 5.72. The molecule has 4 aromatic rings. The molecule has 0 radical (unpaired) electrons. The number of pyridine rings is 1. The number of benzene rings is 2. The van der Waals surface area contributed by atoms with Crippen LogP contribution in [0.2, 0.25) is 0 Å². The van der Waals surface area contributed by atoms with Gasteiger partial charge in [-0.25, -0.2) is 4.98 Å². The minimum Gasteiger partial charge on any atom is -0.373 e. The lowest BCUT2D eigenvalue weighted by Crippen LogP contribution is -1.96. The average molecular weight is 396 g/mol. The zero-order valence-electron chi connectivity index (χ0n) is 17.6. The third kappa shape index (κ3) is 4.01. The second-order valence-electron chi connectivity index (χ2n) is 7.34. The van der Waals surface area contributed by atoms with E-state index in [9.17, 15) is 0 Å². The molecule has 30 heavy (non-hydrogen) atoms. The van der Waals surface area contributed by atoms with Crippen LogP contribution in [0.1, 0.15) is 33.7 Å². The van der Waals surface area contributed by atoms with Crippen LogP contribution in [-0.4, -0.2) is 22.2 Å². The molecule has 0 unspecified atom stereocenters. The molecule has 0 aliphatic rings. The van der Waals surface area contributed by atoms with Crippen molar-refractivity contribution in [1.29, 1.82) is 0 Å². The van der Waals surface area contributed by atoms with Gasteiger partial charge in [0.1, 0.15) is 5.82 Å². The van der Waals surface area contributed by atoms with Gasteiger partial charge in [-0.2, -0.15) is 4.98 Å². The summed E-state index contributed by atoms with van der Waals surface area (Å²) < 4.78 is 5.72. The van der Waals surface area contributed by atoms with E-state index in [1.807, 2.05) is 25.2 Å². The zero-order valence-corrected chi connectivity index (χ0v) is 17.6. The van der Waals surface area contributed by atoms with Crippen molar-refractivity contribution >= 4 is 17.5 Å². The lowest BCUT2D eigenvalue weighted by atomic mass is 9.99. The van der Waals surface area contributed by atoms with Crippen LogP contribution >= 0.6 is 0 Å². The largest absolute Gasteiger partial charge is 0.373 e. The molecule has 1 N–H and O–H groups in total.